The van der Waals surface area contributed by atoms with Crippen molar-refractivity contribution in [3.05, 3.63) is 27.5 Å². The summed E-state index contributed by atoms with van der Waals surface area (Å²) in [7, 11) is 0. The van der Waals surface area contributed by atoms with Crippen LogP contribution in [-0.2, 0) is 16.8 Å². The van der Waals surface area contributed by atoms with Crippen LogP contribution in [0.5, 0.6) is 0 Å². The summed E-state index contributed by atoms with van der Waals surface area (Å²) in [6.45, 7) is 2.80. The van der Waals surface area contributed by atoms with Crippen molar-refractivity contribution in [1.82, 2.24) is 9.88 Å². The SMILES string of the molecule is C[C@H]1[C@H]2CCC[C@@H](C(O)C(F)(F)F)[C@@H]2CCN1C(=O)Cc1c(Cl)cnc(C(C)(O)C(F)F)c1Cl. The molecule has 0 aromatic carbocycles. The number of carbonyl (C=O) groups is 1. The van der Waals surface area contributed by atoms with Gasteiger partial charge in [-0.1, -0.05) is 29.6 Å². The molecular weight excluding hydrogens is 506 g/mol. The molecule has 1 saturated heterocycles. The van der Waals surface area contributed by atoms with Crippen LogP contribution in [0.3, 0.4) is 0 Å². The Morgan fingerprint density at radius 3 is 2.47 bits per heavy atom. The topological polar surface area (TPSA) is 73.7 Å². The molecule has 1 aliphatic heterocycles. The molecule has 2 heterocycles. The number of likely N-dealkylation sites (tertiary alicyclic amines) is 1. The molecule has 1 aromatic heterocycles. The highest BCUT2D eigenvalue weighted by molar-refractivity contribution is 6.36. The Morgan fingerprint density at radius 1 is 1.24 bits per heavy atom. The van der Waals surface area contributed by atoms with Gasteiger partial charge in [0, 0.05) is 24.3 Å². The second kappa shape index (κ2) is 10.0. The van der Waals surface area contributed by atoms with E-state index in [1.165, 1.54) is 0 Å². The standard InChI is InChI=1S/C22H27Cl2F5N2O3/c1-10-11-4-3-5-13(19(33)22(27,28)29)12(11)6-7-31(10)16(32)8-14-15(23)9-30-18(17(14)24)21(2,34)20(25)26/h9-13,19-20,33-34H,3-8H2,1-2H3/t10-,11+,12+,13+,19?,21?/m0/s1. The van der Waals surface area contributed by atoms with Crippen molar-refractivity contribution in [3.8, 4) is 0 Å². The van der Waals surface area contributed by atoms with Gasteiger partial charge in [0.25, 0.3) is 6.43 Å². The van der Waals surface area contributed by atoms with Crippen LogP contribution >= 0.6 is 23.2 Å². The van der Waals surface area contributed by atoms with Gasteiger partial charge in [-0.15, -0.1) is 0 Å². The molecule has 5 nitrogen and oxygen atoms in total. The molecule has 0 bridgehead atoms. The van der Waals surface area contributed by atoms with Crippen molar-refractivity contribution in [2.24, 2.45) is 17.8 Å². The number of alkyl halides is 5. The fraction of sp³-hybridized carbons (Fsp3) is 0.727. The number of carbonyl (C=O) groups excluding carboxylic acids is 1. The third-order valence-corrected chi connectivity index (χ3v) is 8.08. The molecule has 12 heteroatoms. The smallest absolute Gasteiger partial charge is 0.383 e. The zero-order valence-corrected chi connectivity index (χ0v) is 20.1. The van der Waals surface area contributed by atoms with Gasteiger partial charge in [-0.2, -0.15) is 13.2 Å². The van der Waals surface area contributed by atoms with Gasteiger partial charge in [0.05, 0.1) is 22.2 Å². The highest BCUT2D eigenvalue weighted by Gasteiger charge is 2.51. The molecule has 2 N–H and O–H groups in total. The van der Waals surface area contributed by atoms with Crippen LogP contribution < -0.4 is 0 Å². The van der Waals surface area contributed by atoms with Crippen molar-refractivity contribution >= 4 is 29.1 Å². The molecule has 2 fully saturated rings. The van der Waals surface area contributed by atoms with Crippen LogP contribution in [0.1, 0.15) is 50.8 Å². The normalized spacial score (nSPS) is 28.4. The highest BCUT2D eigenvalue weighted by Crippen LogP contribution is 2.47. The Morgan fingerprint density at radius 2 is 1.88 bits per heavy atom. The largest absolute Gasteiger partial charge is 0.414 e. The molecule has 192 valence electrons. The third kappa shape index (κ3) is 5.15. The van der Waals surface area contributed by atoms with Crippen molar-refractivity contribution in [1.29, 1.82) is 0 Å². The van der Waals surface area contributed by atoms with Crippen LogP contribution in [0.15, 0.2) is 6.20 Å². The van der Waals surface area contributed by atoms with Crippen molar-refractivity contribution < 1.29 is 37.0 Å². The number of piperidine rings is 1. The van der Waals surface area contributed by atoms with Gasteiger partial charge in [0.15, 0.2) is 11.7 Å². The maximum absolute atomic E-state index is 13.3. The van der Waals surface area contributed by atoms with Crippen LogP contribution in [0.2, 0.25) is 10.0 Å². The number of rotatable bonds is 5. The predicted octanol–water partition coefficient (Wildman–Crippen LogP) is 4.98. The van der Waals surface area contributed by atoms with Gasteiger partial charge < -0.3 is 15.1 Å². The molecule has 34 heavy (non-hydrogen) atoms. The van der Waals surface area contributed by atoms with Gasteiger partial charge in [0.1, 0.15) is 0 Å². The number of pyridine rings is 1. The number of aromatic nitrogens is 1. The summed E-state index contributed by atoms with van der Waals surface area (Å²) in [6.07, 6.45) is -7.86. The minimum Gasteiger partial charge on any atom is -0.383 e. The first kappa shape index (κ1) is 27.4. The zero-order valence-electron chi connectivity index (χ0n) is 18.6. The zero-order chi connectivity index (χ0) is 25.6. The Bertz CT molecular complexity index is 915. The molecule has 0 spiro atoms. The number of hydrogen-bond donors (Lipinski definition) is 2. The number of amides is 1. The molecule has 2 aliphatic rings. The average Bonchev–Trinajstić information content (AvgIpc) is 2.75. The Labute approximate surface area is 204 Å². The lowest BCUT2D eigenvalue weighted by atomic mass is 9.64. The predicted molar refractivity (Wildman–Crippen MR) is 116 cm³/mol. The van der Waals surface area contributed by atoms with E-state index in [0.29, 0.717) is 19.3 Å². The number of halogens is 7. The number of nitrogens with zero attached hydrogens (tertiary/aromatic N) is 2. The first-order chi connectivity index (χ1) is 15.7. The lowest BCUT2D eigenvalue weighted by molar-refractivity contribution is -0.233. The molecular formula is C22H27Cl2F5N2O3. The number of aliphatic hydroxyl groups is 2. The molecule has 1 aliphatic carbocycles. The first-order valence-corrected chi connectivity index (χ1v) is 11.8. The van der Waals surface area contributed by atoms with Crippen LogP contribution in [0.4, 0.5) is 22.0 Å². The second-order valence-electron chi connectivity index (χ2n) is 9.40. The van der Waals surface area contributed by atoms with Gasteiger partial charge in [0.2, 0.25) is 5.91 Å². The Balaban J connectivity index is 1.80. The van der Waals surface area contributed by atoms with Crippen molar-refractivity contribution in [3.63, 3.8) is 0 Å². The monoisotopic (exact) mass is 532 g/mol. The van der Waals surface area contributed by atoms with E-state index in [2.05, 4.69) is 4.98 Å². The van der Waals surface area contributed by atoms with Crippen LogP contribution in [-0.4, -0.2) is 57.3 Å². The fourth-order valence-corrected chi connectivity index (χ4v) is 6.11. The lowest BCUT2D eigenvalue weighted by Crippen LogP contribution is -2.55. The molecule has 0 radical (unpaired) electrons. The van der Waals surface area contributed by atoms with E-state index in [4.69, 9.17) is 23.2 Å². The summed E-state index contributed by atoms with van der Waals surface area (Å²) < 4.78 is 66.1. The number of fused-ring (bicyclic) bond motifs is 1. The quantitative estimate of drug-likeness (QED) is 0.524. The highest BCUT2D eigenvalue weighted by atomic mass is 35.5. The van der Waals surface area contributed by atoms with Crippen LogP contribution in [0, 0.1) is 17.8 Å². The molecule has 1 saturated carbocycles. The molecule has 1 amide bonds. The minimum absolute atomic E-state index is 0.0271. The second-order valence-corrected chi connectivity index (χ2v) is 10.2. The molecule has 2 unspecified atom stereocenters. The molecule has 6 atom stereocenters. The fourth-order valence-electron chi connectivity index (χ4n) is 5.45. The number of hydrogen-bond acceptors (Lipinski definition) is 4. The van der Waals surface area contributed by atoms with E-state index in [9.17, 15) is 37.0 Å². The van der Waals surface area contributed by atoms with E-state index < -0.39 is 47.9 Å². The third-order valence-electron chi connectivity index (χ3n) is 7.35. The van der Waals surface area contributed by atoms with E-state index >= 15 is 0 Å². The van der Waals surface area contributed by atoms with Gasteiger partial charge >= 0.3 is 6.18 Å². The van der Waals surface area contributed by atoms with E-state index in [0.717, 1.165) is 13.1 Å². The Kier molecular flexibility index (Phi) is 8.07. The summed E-state index contributed by atoms with van der Waals surface area (Å²) in [5, 5.41) is 19.6. The van der Waals surface area contributed by atoms with Gasteiger partial charge in [-0.3, -0.25) is 9.78 Å². The Hall–Kier alpha value is -1.23. The first-order valence-electron chi connectivity index (χ1n) is 11.1. The van der Waals surface area contributed by atoms with Gasteiger partial charge in [-0.05, 0) is 50.9 Å². The summed E-state index contributed by atoms with van der Waals surface area (Å²) in [5.74, 6) is -1.92. The van der Waals surface area contributed by atoms with E-state index in [-0.39, 0.29) is 46.8 Å². The maximum atomic E-state index is 13.3. The van der Waals surface area contributed by atoms with Crippen molar-refractivity contribution in [2.45, 2.75) is 76.3 Å². The summed E-state index contributed by atoms with van der Waals surface area (Å²) in [5.41, 5.74) is -3.11. The summed E-state index contributed by atoms with van der Waals surface area (Å²) in [4.78, 5) is 18.4. The minimum atomic E-state index is -4.70. The van der Waals surface area contributed by atoms with E-state index in [1.807, 2.05) is 0 Å². The summed E-state index contributed by atoms with van der Waals surface area (Å²) >= 11 is 12.4. The van der Waals surface area contributed by atoms with E-state index in [1.54, 1.807) is 11.8 Å². The average molecular weight is 533 g/mol. The van der Waals surface area contributed by atoms with Crippen molar-refractivity contribution in [2.75, 3.05) is 6.54 Å². The van der Waals surface area contributed by atoms with Crippen LogP contribution in [0.25, 0.3) is 0 Å². The van der Waals surface area contributed by atoms with Gasteiger partial charge in [-0.25, -0.2) is 8.78 Å². The molecule has 3 rings (SSSR count). The lowest BCUT2D eigenvalue weighted by Gasteiger charge is -2.50. The molecule has 1 aromatic rings. The maximum Gasteiger partial charge on any atom is 0.414 e. The summed E-state index contributed by atoms with van der Waals surface area (Å²) in [6, 6.07) is -0.391. The number of aliphatic hydroxyl groups excluding tert-OH is 1.